The van der Waals surface area contributed by atoms with Crippen LogP contribution in [0.3, 0.4) is 0 Å². The molecule has 1 aromatic heterocycles. The molecule has 12 nitrogen and oxygen atoms in total. The van der Waals surface area contributed by atoms with Gasteiger partial charge < -0.3 is 19.9 Å². The molecule has 1 aliphatic heterocycles. The molecule has 0 radical (unpaired) electrons. The van der Waals surface area contributed by atoms with Gasteiger partial charge in [0.05, 0.1) is 24.5 Å². The minimum absolute atomic E-state index is 0.0275. The van der Waals surface area contributed by atoms with E-state index in [4.69, 9.17) is 14.7 Å². The topological polar surface area (TPSA) is 161 Å². The molecule has 1 fully saturated rings. The predicted octanol–water partition coefficient (Wildman–Crippen LogP) is 5.45. The summed E-state index contributed by atoms with van der Waals surface area (Å²) in [7, 11) is 0. The molecule has 0 aliphatic carbocycles. The third-order valence-electron chi connectivity index (χ3n) is 8.37. The highest BCUT2D eigenvalue weighted by atomic mass is 32.2. The van der Waals surface area contributed by atoms with Crippen LogP contribution in [0.15, 0.2) is 108 Å². The maximum absolute atomic E-state index is 12.4. The number of rotatable bonds is 14. The molecule has 4 aromatic carbocycles. The van der Waals surface area contributed by atoms with Crippen molar-refractivity contribution in [2.24, 2.45) is 0 Å². The number of para-hydroxylation sites is 1. The third kappa shape index (κ3) is 9.00. The van der Waals surface area contributed by atoms with Gasteiger partial charge in [-0.3, -0.25) is 14.8 Å². The van der Waals surface area contributed by atoms with Crippen LogP contribution in [0.1, 0.15) is 60.3 Å². The number of thioether (sulfide) groups is 1. The Labute approximate surface area is 293 Å². The number of carbonyl (C=O) groups is 2. The Hall–Kier alpha value is -4.92. The number of aromatic nitrogens is 4. The van der Waals surface area contributed by atoms with E-state index in [9.17, 15) is 14.7 Å². The monoisotopic (exact) mass is 694 g/mol. The van der Waals surface area contributed by atoms with Gasteiger partial charge in [0.1, 0.15) is 0 Å². The zero-order chi connectivity index (χ0) is 34.7. The van der Waals surface area contributed by atoms with Crippen molar-refractivity contribution in [3.05, 3.63) is 125 Å². The molecule has 1 aliphatic rings. The number of nitrogens with one attached hydrogen (secondary N) is 2. The van der Waals surface area contributed by atoms with E-state index in [2.05, 4.69) is 20.8 Å². The summed E-state index contributed by atoms with van der Waals surface area (Å²) in [6.07, 6.45) is 0.185. The Morgan fingerprint density at radius 1 is 0.860 bits per heavy atom. The van der Waals surface area contributed by atoms with Crippen LogP contribution in [0.25, 0.3) is 16.8 Å². The van der Waals surface area contributed by atoms with Gasteiger partial charge in [-0.05, 0) is 56.8 Å². The molecule has 5 aromatic rings. The predicted molar refractivity (Wildman–Crippen MR) is 186 cm³/mol. The van der Waals surface area contributed by atoms with Crippen LogP contribution >= 0.6 is 11.8 Å². The molecule has 0 bridgehead atoms. The Bertz CT molecular complexity index is 1850. The Kier molecular flexibility index (Phi) is 12.0. The van der Waals surface area contributed by atoms with Crippen molar-refractivity contribution < 1.29 is 29.4 Å². The summed E-state index contributed by atoms with van der Waals surface area (Å²) < 4.78 is 14.8. The van der Waals surface area contributed by atoms with E-state index in [1.807, 2.05) is 103 Å². The lowest BCUT2D eigenvalue weighted by Gasteiger charge is -2.36. The number of amides is 2. The van der Waals surface area contributed by atoms with Crippen molar-refractivity contribution in [3.63, 3.8) is 0 Å². The Morgan fingerprint density at radius 2 is 1.58 bits per heavy atom. The fourth-order valence-corrected chi connectivity index (χ4v) is 6.62. The van der Waals surface area contributed by atoms with Gasteiger partial charge in [-0.1, -0.05) is 103 Å². The number of aliphatic hydroxyl groups is 1. The van der Waals surface area contributed by atoms with Crippen molar-refractivity contribution in [1.82, 2.24) is 31.0 Å². The van der Waals surface area contributed by atoms with Gasteiger partial charge in [0.15, 0.2) is 6.29 Å². The lowest BCUT2D eigenvalue weighted by molar-refractivity contribution is -0.245. The first-order valence-corrected chi connectivity index (χ1v) is 17.3. The summed E-state index contributed by atoms with van der Waals surface area (Å²) in [5.41, 5.74) is 8.07. The van der Waals surface area contributed by atoms with Crippen LogP contribution in [-0.2, 0) is 32.2 Å². The summed E-state index contributed by atoms with van der Waals surface area (Å²) in [5, 5.41) is 34.1. The van der Waals surface area contributed by atoms with Gasteiger partial charge in [0, 0.05) is 37.1 Å². The number of hydroxylamine groups is 1. The molecule has 2 amide bonds. The maximum Gasteiger partial charge on any atom is 0.243 e. The van der Waals surface area contributed by atoms with E-state index in [0.717, 1.165) is 39.1 Å². The molecular formula is C37H38N6O6S. The molecule has 3 unspecified atom stereocenters. The summed E-state index contributed by atoms with van der Waals surface area (Å²) in [4.78, 5) is 23.6. The molecule has 4 N–H and O–H groups in total. The van der Waals surface area contributed by atoms with Crippen LogP contribution < -0.4 is 10.8 Å². The van der Waals surface area contributed by atoms with Crippen LogP contribution in [0.4, 0.5) is 0 Å². The summed E-state index contributed by atoms with van der Waals surface area (Å²) in [6.45, 7) is 0.307. The van der Waals surface area contributed by atoms with E-state index in [1.165, 1.54) is 11.8 Å². The molecule has 1 saturated heterocycles. The molecule has 50 heavy (non-hydrogen) atoms. The van der Waals surface area contributed by atoms with Crippen LogP contribution in [-0.4, -0.2) is 54.2 Å². The molecule has 13 heteroatoms. The van der Waals surface area contributed by atoms with Crippen LogP contribution in [0.5, 0.6) is 0 Å². The standard InChI is InChI=1S/C37H38N6O6S/c44-23-25-13-15-27(16-14-25)33-21-31(24-50-37-39-41-42-43(37)30-8-2-1-3-9-30)48-36(49-33)28-19-17-26(18-20-28)32-10-5-4-7-29(32)22-38-34(45)11-6-12-35(46)40-47/h1-5,7-10,13-20,31,33,36,44,47H,6,11-12,21-24H2,(H,38,45)(H,40,46). The molecule has 6 rings (SSSR count). The largest absolute Gasteiger partial charge is 0.392 e. The SMILES string of the molecule is O=C(CCCC(=O)NCc1ccccc1-c1ccc(C2OC(CSc3nnnn3-c3ccccc3)CC(c3ccc(CO)cc3)O2)cc1)NO. The normalized spacial score (nSPS) is 17.3. The van der Waals surface area contributed by atoms with Crippen molar-refractivity contribution in [3.8, 4) is 16.8 Å². The third-order valence-corrected chi connectivity index (χ3v) is 9.43. The highest BCUT2D eigenvalue weighted by molar-refractivity contribution is 7.99. The van der Waals surface area contributed by atoms with E-state index in [1.54, 1.807) is 10.2 Å². The average Bonchev–Trinajstić information content (AvgIpc) is 3.65. The highest BCUT2D eigenvalue weighted by Crippen LogP contribution is 2.40. The van der Waals surface area contributed by atoms with Gasteiger partial charge in [-0.2, -0.15) is 4.68 Å². The fraction of sp³-hybridized carbons (Fsp3) is 0.270. The van der Waals surface area contributed by atoms with E-state index < -0.39 is 12.2 Å². The lowest BCUT2D eigenvalue weighted by Crippen LogP contribution is -2.31. The summed E-state index contributed by atoms with van der Waals surface area (Å²) in [5.74, 6) is -0.0826. The smallest absolute Gasteiger partial charge is 0.243 e. The van der Waals surface area contributed by atoms with E-state index in [0.29, 0.717) is 30.3 Å². The maximum atomic E-state index is 12.4. The van der Waals surface area contributed by atoms with Crippen molar-refractivity contribution in [1.29, 1.82) is 0 Å². The lowest BCUT2D eigenvalue weighted by atomic mass is 9.97. The number of carbonyl (C=O) groups excluding carboxylic acids is 2. The second kappa shape index (κ2) is 17.1. The van der Waals surface area contributed by atoms with Crippen LogP contribution in [0, 0.1) is 0 Å². The van der Waals surface area contributed by atoms with Gasteiger partial charge in [-0.15, -0.1) is 5.10 Å². The number of benzene rings is 4. The molecule has 258 valence electrons. The second-order valence-electron chi connectivity index (χ2n) is 11.8. The molecular weight excluding hydrogens is 657 g/mol. The number of tetrazole rings is 1. The summed E-state index contributed by atoms with van der Waals surface area (Å²) >= 11 is 1.53. The minimum atomic E-state index is -0.626. The molecule has 3 atom stereocenters. The zero-order valence-corrected chi connectivity index (χ0v) is 28.0. The molecule has 0 spiro atoms. The number of aliphatic hydroxyl groups excluding tert-OH is 1. The number of hydrogen-bond donors (Lipinski definition) is 4. The van der Waals surface area contributed by atoms with Crippen molar-refractivity contribution >= 4 is 23.6 Å². The van der Waals surface area contributed by atoms with Gasteiger partial charge in [-0.25, -0.2) is 5.48 Å². The van der Waals surface area contributed by atoms with E-state index >= 15 is 0 Å². The van der Waals surface area contributed by atoms with Gasteiger partial charge in [0.2, 0.25) is 17.0 Å². The first kappa shape index (κ1) is 34.9. The first-order chi connectivity index (χ1) is 24.5. The highest BCUT2D eigenvalue weighted by Gasteiger charge is 2.32. The molecule has 2 heterocycles. The second-order valence-corrected chi connectivity index (χ2v) is 12.8. The number of hydrogen-bond acceptors (Lipinski definition) is 10. The van der Waals surface area contributed by atoms with Gasteiger partial charge in [0.25, 0.3) is 0 Å². The van der Waals surface area contributed by atoms with Gasteiger partial charge >= 0.3 is 0 Å². The van der Waals surface area contributed by atoms with Crippen molar-refractivity contribution in [2.45, 2.75) is 62.5 Å². The number of nitrogens with zero attached hydrogens (tertiary/aromatic N) is 4. The first-order valence-electron chi connectivity index (χ1n) is 16.4. The minimum Gasteiger partial charge on any atom is -0.392 e. The summed E-state index contributed by atoms with van der Waals surface area (Å²) in [6, 6.07) is 33.5. The average molecular weight is 695 g/mol. The zero-order valence-electron chi connectivity index (χ0n) is 27.2. The number of ether oxygens (including phenoxy) is 2. The van der Waals surface area contributed by atoms with Crippen LogP contribution in [0.2, 0.25) is 0 Å². The molecule has 0 saturated carbocycles. The Balaban J connectivity index is 1.16. The van der Waals surface area contributed by atoms with E-state index in [-0.39, 0.29) is 37.6 Å². The quantitative estimate of drug-likeness (QED) is 0.0669. The fourth-order valence-electron chi connectivity index (χ4n) is 5.71. The van der Waals surface area contributed by atoms with Crippen molar-refractivity contribution in [2.75, 3.05) is 5.75 Å². The Morgan fingerprint density at radius 3 is 2.34 bits per heavy atom.